The Labute approximate surface area is 153 Å². The largest absolute Gasteiger partial charge is 0.497 e. The summed E-state index contributed by atoms with van der Waals surface area (Å²) in [6.45, 7) is 5.81. The lowest BCUT2D eigenvalue weighted by Crippen LogP contribution is -2.03. The number of methoxy groups -OCH3 is 1. The van der Waals surface area contributed by atoms with Crippen molar-refractivity contribution in [3.63, 3.8) is 0 Å². The van der Waals surface area contributed by atoms with Crippen LogP contribution in [0.2, 0.25) is 0 Å². The molecule has 0 heterocycles. The van der Waals surface area contributed by atoms with Crippen molar-refractivity contribution in [2.75, 3.05) is 26.1 Å². The van der Waals surface area contributed by atoms with Gasteiger partial charge in [0.15, 0.2) is 5.12 Å². The lowest BCUT2D eigenvalue weighted by molar-refractivity contribution is -0.137. The summed E-state index contributed by atoms with van der Waals surface area (Å²) in [5, 5.41) is 0.0201. The Hall–Kier alpha value is -2.21. The fourth-order valence-electron chi connectivity index (χ4n) is 1.96. The van der Waals surface area contributed by atoms with Crippen LogP contribution >= 0.6 is 11.8 Å². The van der Waals surface area contributed by atoms with E-state index in [2.05, 4.69) is 0 Å². The molecule has 1 aromatic carbocycles. The number of ether oxygens (including phenoxy) is 3. The minimum atomic E-state index is -0.462. The summed E-state index contributed by atoms with van der Waals surface area (Å²) >= 11 is 1.20. The van der Waals surface area contributed by atoms with Gasteiger partial charge in [-0.3, -0.25) is 4.79 Å². The van der Waals surface area contributed by atoms with Gasteiger partial charge >= 0.3 is 5.97 Å². The second kappa shape index (κ2) is 11.4. The molecule has 0 aliphatic heterocycles. The summed E-state index contributed by atoms with van der Waals surface area (Å²) in [5.74, 6) is 1.15. The van der Waals surface area contributed by atoms with Gasteiger partial charge in [-0.2, -0.15) is 0 Å². The van der Waals surface area contributed by atoms with E-state index >= 15 is 0 Å². The van der Waals surface area contributed by atoms with E-state index in [0.717, 1.165) is 16.9 Å². The molecule has 0 radical (unpaired) electrons. The van der Waals surface area contributed by atoms with Gasteiger partial charge in [0.2, 0.25) is 0 Å². The van der Waals surface area contributed by atoms with Crippen LogP contribution in [0, 0.1) is 0 Å². The van der Waals surface area contributed by atoms with Gasteiger partial charge in [0, 0.05) is 12.7 Å². The maximum absolute atomic E-state index is 11.7. The topological polar surface area (TPSA) is 61.8 Å². The number of benzene rings is 1. The SMILES string of the molecule is CCOC(=O)/C=C(\C=C(\CSC(C)=O)c1ccc(OC)cc1)OCC. The fourth-order valence-corrected chi connectivity index (χ4v) is 2.57. The van der Waals surface area contributed by atoms with Crippen LogP contribution in [-0.2, 0) is 19.1 Å². The zero-order valence-electron chi connectivity index (χ0n) is 15.0. The van der Waals surface area contributed by atoms with Crippen molar-refractivity contribution in [2.45, 2.75) is 20.8 Å². The Balaban J connectivity index is 3.18. The van der Waals surface area contributed by atoms with Crippen LogP contribution in [0.3, 0.4) is 0 Å². The molecule has 0 spiro atoms. The first-order valence-electron chi connectivity index (χ1n) is 7.99. The molecule has 0 saturated carbocycles. The van der Waals surface area contributed by atoms with Crippen molar-refractivity contribution in [3.8, 4) is 5.75 Å². The molecule has 0 N–H and O–H groups in total. The molecule has 0 fully saturated rings. The number of carbonyl (C=O) groups is 2. The molecule has 5 nitrogen and oxygen atoms in total. The molecule has 0 unspecified atom stereocenters. The van der Waals surface area contributed by atoms with Crippen LogP contribution in [0.5, 0.6) is 5.75 Å². The van der Waals surface area contributed by atoms with Gasteiger partial charge in [0.1, 0.15) is 11.5 Å². The molecular formula is C19H24O5S. The highest BCUT2D eigenvalue weighted by molar-refractivity contribution is 8.13. The number of hydrogen-bond donors (Lipinski definition) is 0. The highest BCUT2D eigenvalue weighted by atomic mass is 32.2. The zero-order chi connectivity index (χ0) is 18.7. The van der Waals surface area contributed by atoms with E-state index in [1.165, 1.54) is 24.8 Å². The highest BCUT2D eigenvalue weighted by Gasteiger charge is 2.09. The Morgan fingerprint density at radius 3 is 2.20 bits per heavy atom. The lowest BCUT2D eigenvalue weighted by atomic mass is 10.1. The van der Waals surface area contributed by atoms with Gasteiger partial charge in [0.25, 0.3) is 0 Å². The standard InChI is InChI=1S/C19H24O5S/c1-5-23-18(12-19(21)24-6-2)11-16(13-25-14(3)20)15-7-9-17(22-4)10-8-15/h7-12H,5-6,13H2,1-4H3/b16-11-,18-12+. The number of esters is 1. The average Bonchev–Trinajstić information content (AvgIpc) is 2.58. The van der Waals surface area contributed by atoms with E-state index in [9.17, 15) is 9.59 Å². The number of carbonyl (C=O) groups excluding carboxylic acids is 2. The van der Waals surface area contributed by atoms with Crippen LogP contribution in [0.15, 0.2) is 42.2 Å². The molecule has 0 atom stereocenters. The zero-order valence-corrected chi connectivity index (χ0v) is 15.9. The molecule has 0 saturated heterocycles. The van der Waals surface area contributed by atoms with Crippen molar-refractivity contribution in [1.82, 2.24) is 0 Å². The minimum Gasteiger partial charge on any atom is -0.497 e. The van der Waals surface area contributed by atoms with E-state index in [-0.39, 0.29) is 5.12 Å². The Bertz CT molecular complexity index is 632. The predicted molar refractivity (Wildman–Crippen MR) is 100 cm³/mol. The van der Waals surface area contributed by atoms with E-state index in [4.69, 9.17) is 14.2 Å². The van der Waals surface area contributed by atoms with Gasteiger partial charge in [-0.1, -0.05) is 23.9 Å². The van der Waals surface area contributed by atoms with E-state index < -0.39 is 5.97 Å². The molecule has 0 aliphatic carbocycles. The number of rotatable bonds is 9. The first-order valence-corrected chi connectivity index (χ1v) is 8.98. The molecule has 1 rings (SSSR count). The minimum absolute atomic E-state index is 0.0201. The maximum atomic E-state index is 11.7. The van der Waals surface area contributed by atoms with Crippen LogP contribution in [0.1, 0.15) is 26.3 Å². The molecular weight excluding hydrogens is 340 g/mol. The maximum Gasteiger partial charge on any atom is 0.334 e. The first-order chi connectivity index (χ1) is 12.0. The molecule has 25 heavy (non-hydrogen) atoms. The average molecular weight is 364 g/mol. The summed E-state index contributed by atoms with van der Waals surface area (Å²) in [4.78, 5) is 23.1. The second-order valence-corrected chi connectivity index (χ2v) is 6.06. The van der Waals surface area contributed by atoms with Crippen LogP contribution in [-0.4, -0.2) is 37.2 Å². The summed E-state index contributed by atoms with van der Waals surface area (Å²) in [6, 6.07) is 7.49. The van der Waals surface area contributed by atoms with Crippen molar-refractivity contribution in [3.05, 3.63) is 47.7 Å². The quantitative estimate of drug-likeness (QED) is 0.287. The van der Waals surface area contributed by atoms with E-state index in [1.54, 1.807) is 20.1 Å². The molecule has 0 aromatic heterocycles. The van der Waals surface area contributed by atoms with Crippen molar-refractivity contribution >= 4 is 28.4 Å². The lowest BCUT2D eigenvalue weighted by Gasteiger charge is -2.11. The first kappa shape index (κ1) is 20.8. The van der Waals surface area contributed by atoms with Crippen LogP contribution < -0.4 is 4.74 Å². The summed E-state index contributed by atoms with van der Waals surface area (Å²) < 4.78 is 15.6. The van der Waals surface area contributed by atoms with Gasteiger partial charge < -0.3 is 14.2 Å². The van der Waals surface area contributed by atoms with Crippen molar-refractivity contribution in [1.29, 1.82) is 0 Å². The molecule has 0 amide bonds. The van der Waals surface area contributed by atoms with Crippen LogP contribution in [0.25, 0.3) is 5.57 Å². The predicted octanol–water partition coefficient (Wildman–Crippen LogP) is 3.84. The van der Waals surface area contributed by atoms with Gasteiger partial charge in [0.05, 0.1) is 26.4 Å². The van der Waals surface area contributed by atoms with E-state index in [0.29, 0.717) is 24.7 Å². The number of allylic oxidation sites excluding steroid dienone is 1. The van der Waals surface area contributed by atoms with Gasteiger partial charge in [-0.15, -0.1) is 0 Å². The highest BCUT2D eigenvalue weighted by Crippen LogP contribution is 2.24. The normalized spacial score (nSPS) is 11.8. The van der Waals surface area contributed by atoms with E-state index in [1.807, 2.05) is 31.2 Å². The Morgan fingerprint density at radius 2 is 1.68 bits per heavy atom. The molecule has 1 aromatic rings. The smallest absolute Gasteiger partial charge is 0.334 e. The Kier molecular flexibility index (Phi) is 9.47. The third kappa shape index (κ3) is 7.94. The van der Waals surface area contributed by atoms with Gasteiger partial charge in [-0.25, -0.2) is 4.79 Å². The van der Waals surface area contributed by atoms with Crippen molar-refractivity contribution in [2.24, 2.45) is 0 Å². The molecule has 0 aliphatic rings. The summed E-state index contributed by atoms with van der Waals surface area (Å²) in [7, 11) is 1.60. The third-order valence-electron chi connectivity index (χ3n) is 3.07. The third-order valence-corrected chi connectivity index (χ3v) is 3.93. The van der Waals surface area contributed by atoms with Crippen LogP contribution in [0.4, 0.5) is 0 Å². The Morgan fingerprint density at radius 1 is 1.04 bits per heavy atom. The molecule has 6 heteroatoms. The summed E-state index contributed by atoms with van der Waals surface area (Å²) in [5.41, 5.74) is 1.79. The summed E-state index contributed by atoms with van der Waals surface area (Å²) in [6.07, 6.45) is 3.08. The fraction of sp³-hybridized carbons (Fsp3) is 0.368. The monoisotopic (exact) mass is 364 g/mol. The molecule has 0 bridgehead atoms. The second-order valence-electron chi connectivity index (χ2n) is 4.91. The van der Waals surface area contributed by atoms with Gasteiger partial charge in [-0.05, 0) is 43.2 Å². The molecule has 136 valence electrons. The van der Waals surface area contributed by atoms with Crippen molar-refractivity contribution < 1.29 is 23.8 Å². The number of hydrogen-bond acceptors (Lipinski definition) is 6. The number of thioether (sulfide) groups is 1.